The molecule has 0 atom stereocenters. The van der Waals surface area contributed by atoms with Crippen LogP contribution in [0.25, 0.3) is 69.8 Å². The smallest absolute Gasteiger partial charge is 0.297 e. The first-order valence-electron chi connectivity index (χ1n) is 41.6. The van der Waals surface area contributed by atoms with Gasteiger partial charge in [0.1, 0.15) is 5.58 Å². The Morgan fingerprint density at radius 1 is 0.468 bits per heavy atom. The van der Waals surface area contributed by atoms with Crippen LogP contribution in [-0.4, -0.2) is 11.3 Å². The van der Waals surface area contributed by atoms with Gasteiger partial charge >= 0.3 is 0 Å². The van der Waals surface area contributed by atoms with E-state index >= 15 is 0 Å². The highest BCUT2D eigenvalue weighted by atomic mass is 32.1. The molecule has 0 spiro atoms. The number of anilines is 9. The van der Waals surface area contributed by atoms with Crippen LogP contribution in [0.2, 0.25) is 0 Å². The van der Waals surface area contributed by atoms with Crippen molar-refractivity contribution in [3.8, 4) is 16.8 Å². The molecule has 0 amide bonds. The molecule has 0 radical (unpaired) electrons. The van der Waals surface area contributed by atoms with Crippen molar-refractivity contribution in [1.29, 1.82) is 0 Å². The quantitative estimate of drug-likeness (QED) is 0.161. The maximum atomic E-state index is 11.4. The summed E-state index contributed by atoms with van der Waals surface area (Å²) < 4.78 is 349. The molecule has 13 aromatic rings. The van der Waals surface area contributed by atoms with Crippen LogP contribution in [0.1, 0.15) is 101 Å². The van der Waals surface area contributed by atoms with Gasteiger partial charge in [-0.2, -0.15) is 0 Å². The molecule has 77 heavy (non-hydrogen) atoms. The second-order valence-corrected chi connectivity index (χ2v) is 21.6. The molecule has 0 bridgehead atoms. The summed E-state index contributed by atoms with van der Waals surface area (Å²) in [5.74, 6) is 0. The molecule has 0 aliphatic carbocycles. The van der Waals surface area contributed by atoms with Crippen molar-refractivity contribution in [3.63, 3.8) is 0 Å². The van der Waals surface area contributed by atoms with Crippen LogP contribution in [-0.2, 0) is 10.8 Å². The second kappa shape index (κ2) is 15.9. The van der Waals surface area contributed by atoms with Crippen LogP contribution in [0.5, 0.6) is 0 Å². The van der Waals surface area contributed by atoms with E-state index < -0.39 is 335 Å². The number of nitrogens with zero attached hydrogens (tertiary/aromatic N) is 4. The third kappa shape index (κ3) is 6.35. The zero-order chi connectivity index (χ0) is 82.1. The molecule has 0 saturated heterocycles. The number of rotatable bonds is 5. The molecule has 3 aliphatic heterocycles. The molecule has 0 saturated carbocycles. The highest BCUT2D eigenvalue weighted by molar-refractivity contribution is 7.26. The summed E-state index contributed by atoms with van der Waals surface area (Å²) in [5, 5.41) is -2.20. The van der Waals surface area contributed by atoms with E-state index in [1.165, 1.54) is 4.57 Å². The number of fused-ring (bicyclic) bond motifs is 14. The fourth-order valence-corrected chi connectivity index (χ4v) is 11.6. The normalized spacial score (nSPS) is 19.9. The summed E-state index contributed by atoms with van der Waals surface area (Å²) in [7, 11) is 0. The van der Waals surface area contributed by atoms with Gasteiger partial charge in [-0.3, -0.25) is 0 Å². The monoisotopic (exact) mass is 1040 g/mol. The Morgan fingerprint density at radius 2 is 1.10 bits per heavy atom. The van der Waals surface area contributed by atoms with Crippen LogP contribution >= 0.6 is 11.3 Å². The Bertz CT molecular complexity index is 6620. The highest BCUT2D eigenvalue weighted by Crippen LogP contribution is 2.57. The van der Waals surface area contributed by atoms with Crippen molar-refractivity contribution < 1.29 is 52.4 Å². The molecule has 0 fully saturated rings. The Labute approximate surface area is 501 Å². The molecule has 0 unspecified atom stereocenters. The lowest BCUT2D eigenvalue weighted by Crippen LogP contribution is -2.61. The average Bonchev–Trinajstić information content (AvgIpc) is 0.929. The fourth-order valence-electron chi connectivity index (χ4n) is 10.6. The van der Waals surface area contributed by atoms with Gasteiger partial charge in [0.2, 0.25) is 0 Å². The number of hydrogen-bond acceptors (Lipinski definition) is 5. The van der Waals surface area contributed by atoms with Crippen molar-refractivity contribution in [1.82, 2.24) is 4.57 Å². The number of thiophene rings is 1. The van der Waals surface area contributed by atoms with Gasteiger partial charge < -0.3 is 23.7 Å². The van der Waals surface area contributed by atoms with Gasteiger partial charge in [-0.1, -0.05) is 156 Å². The summed E-state index contributed by atoms with van der Waals surface area (Å²) in [6, 6.07) is -33.6. The minimum Gasteiger partial charge on any atom is -0.468 e. The largest absolute Gasteiger partial charge is 0.468 e. The second-order valence-electron chi connectivity index (χ2n) is 20.6. The first-order chi connectivity index (χ1) is 52.1. The zero-order valence-corrected chi connectivity index (χ0v) is 42.0. The van der Waals surface area contributed by atoms with Gasteiger partial charge in [-0.25, -0.2) is 0 Å². The zero-order valence-electron chi connectivity index (χ0n) is 76.2. The summed E-state index contributed by atoms with van der Waals surface area (Å²) in [6.45, 7) is 7.74. The third-order valence-electron chi connectivity index (χ3n) is 14.0. The predicted molar refractivity (Wildman–Crippen MR) is 329 cm³/mol. The number of para-hydroxylation sites is 3. The van der Waals surface area contributed by atoms with Crippen molar-refractivity contribution in [2.45, 2.75) is 52.4 Å². The van der Waals surface area contributed by atoms with Gasteiger partial charge in [0, 0.05) is 59.1 Å². The maximum Gasteiger partial charge on any atom is 0.297 e. The summed E-state index contributed by atoms with van der Waals surface area (Å²) in [4.78, 5) is 2.40. The lowest BCUT2D eigenvalue weighted by molar-refractivity contribution is 0.590. The predicted octanol–water partition coefficient (Wildman–Crippen LogP) is 18.0. The lowest BCUT2D eigenvalue weighted by Gasteiger charge is -2.45. The van der Waals surface area contributed by atoms with Gasteiger partial charge in [0.25, 0.3) is 6.71 Å². The van der Waals surface area contributed by atoms with E-state index in [4.69, 9.17) is 14.0 Å². The minimum atomic E-state index is -2.20. The molecular weight excluding hydrogens is 956 g/mol. The van der Waals surface area contributed by atoms with Crippen LogP contribution < -0.4 is 31.3 Å². The molecule has 16 rings (SSSR count). The Kier molecular flexibility index (Phi) is 4.55. The van der Waals surface area contributed by atoms with Gasteiger partial charge in [-0.15, -0.1) is 11.3 Å². The van der Waals surface area contributed by atoms with E-state index in [1.807, 2.05) is 0 Å². The van der Waals surface area contributed by atoms with E-state index in [1.54, 1.807) is 41.5 Å². The first-order valence-corrected chi connectivity index (χ1v) is 24.9. The fraction of sp³-hybridized carbons (Fsp3) is 0.114. The molecule has 3 aromatic heterocycles. The van der Waals surface area contributed by atoms with Crippen molar-refractivity contribution in [2.75, 3.05) is 14.7 Å². The van der Waals surface area contributed by atoms with Crippen LogP contribution in [0, 0.1) is 0 Å². The first kappa shape index (κ1) is 22.1. The number of aromatic nitrogens is 1. The number of benzene rings is 10. The van der Waals surface area contributed by atoms with Crippen molar-refractivity contribution >= 4 is 139 Å². The van der Waals surface area contributed by atoms with Crippen molar-refractivity contribution in [3.05, 3.63) is 223 Å². The Morgan fingerprint density at radius 3 is 1.83 bits per heavy atom. The van der Waals surface area contributed by atoms with Gasteiger partial charge in [0.05, 0.1) is 98.8 Å². The van der Waals surface area contributed by atoms with Gasteiger partial charge in [-0.05, 0) is 141 Å². The molecule has 368 valence electrons. The van der Waals surface area contributed by atoms with E-state index in [-0.39, 0.29) is 42.3 Å². The number of hydrogen-bond donors (Lipinski definition) is 0. The maximum absolute atomic E-state index is 11.4. The van der Waals surface area contributed by atoms with Crippen molar-refractivity contribution in [2.24, 2.45) is 0 Å². The van der Waals surface area contributed by atoms with E-state index in [2.05, 4.69) is 0 Å². The summed E-state index contributed by atoms with van der Waals surface area (Å²) in [6.07, 6.45) is 0. The van der Waals surface area contributed by atoms with E-state index in [9.17, 15) is 38.4 Å². The third-order valence-corrected chi connectivity index (χ3v) is 15.0. The lowest BCUT2D eigenvalue weighted by atomic mass is 9.35. The molecule has 5 nitrogen and oxygen atoms in total. The van der Waals surface area contributed by atoms with Crippen LogP contribution in [0.3, 0.4) is 0 Å². The van der Waals surface area contributed by atoms with E-state index in [0.717, 1.165) is 9.80 Å². The molecular formula is C70H53BN4OS. The SMILES string of the molecule is [2H]c1c([2H])c([2H])c(-c2c([2H])c([2H])c3oc4c(c3c2[2H])N(c2c([2H])c([2H])c([2H])c3sc5c([2H])c([2H])c([2H])c([2H])c5c23)c2c([2H])c(N(c3c([2H])c([2H])c([2H])c([2H])c3[2H])c3c([2H])c([2H])c([2H])c([2H])c3[2H])c([2H])c3c2B4c2c([2H])c([2H])c([2H])c4c2N3c2c([2H])c(C(C)(C)C)c([2H])c3c5c([2H])c(C(C)(C)C)c([2H])c([2H])c5n-4c23)c([2H])c1[2H]. The molecule has 6 heterocycles. The molecule has 0 N–H and O–H groups in total. The highest BCUT2D eigenvalue weighted by Gasteiger charge is 2.50. The Hall–Kier alpha value is -8.78. The molecule has 7 heteroatoms. The standard InChI is InChI=1S/C70H53BN4OS/c1-69(2,3)44-33-34-54-50(37-44)51-38-45(70(4,5)6)39-59-65(51)73(54)56-29-18-27-53-67(56)75(59)58-41-48(72(46-22-12-8-13-23-46)47-24-14-9-15-25-47)40-57-64(58)71(53)68-66(52-36-43(32-35-60(52)76-68)42-20-10-7-11-21-42)74(57)55-28-19-31-62-63(55)49-26-16-17-30-61(49)77-62/h7-41H,1-6H3/i7D,8D,9D,10D,11D,12D,13D,14D,15D,16D,17D,18D,19D,20D,21D,22D,23D,24D,25D,26D,27D,28D,29D,30D,31D,32D,33D,34D,35D,36D,37D,38D,39D,40D,41D. The average molecular weight is 1040 g/mol. The minimum absolute atomic E-state index is 0.00788. The topological polar surface area (TPSA) is 27.8 Å². The summed E-state index contributed by atoms with van der Waals surface area (Å²) >= 11 is 0.535. The van der Waals surface area contributed by atoms with E-state index in [0.29, 0.717) is 16.2 Å². The van der Waals surface area contributed by atoms with Crippen LogP contribution in [0.15, 0.2) is 216 Å². The molecule has 10 aromatic carbocycles. The Balaban J connectivity index is 1.27. The number of furan rings is 1. The molecule has 3 aliphatic rings. The van der Waals surface area contributed by atoms with Gasteiger partial charge in [0.15, 0.2) is 0 Å². The van der Waals surface area contributed by atoms with Crippen LogP contribution in [0.4, 0.5) is 51.2 Å². The summed E-state index contributed by atoms with van der Waals surface area (Å²) in [5.41, 5.74) is -15.9.